The summed E-state index contributed by atoms with van der Waals surface area (Å²) < 4.78 is 0. The second-order valence-electron chi connectivity index (χ2n) is 4.14. The summed E-state index contributed by atoms with van der Waals surface area (Å²) in [6.45, 7) is 0. The van der Waals surface area contributed by atoms with Gasteiger partial charge in [-0.3, -0.25) is 5.41 Å². The van der Waals surface area contributed by atoms with Crippen LogP contribution in [0.15, 0.2) is 42.5 Å². The molecule has 2 aromatic rings. The fourth-order valence-corrected chi connectivity index (χ4v) is 3.07. The lowest BCUT2D eigenvalue weighted by Crippen LogP contribution is -1.93. The Kier molecular flexibility index (Phi) is 5.14. The minimum atomic E-state index is 0.789. The molecule has 0 atom stereocenters. The molecule has 0 saturated heterocycles. The van der Waals surface area contributed by atoms with Crippen molar-refractivity contribution in [3.8, 4) is 0 Å². The maximum absolute atomic E-state index is 7.85. The highest BCUT2D eigenvalue weighted by atomic mass is 32.2. The highest BCUT2D eigenvalue weighted by molar-refractivity contribution is 8.13. The molecule has 0 saturated carbocycles. The number of thioether (sulfide) groups is 2. The molecule has 0 heterocycles. The third-order valence-electron chi connectivity index (χ3n) is 2.76. The molecule has 2 aromatic carbocycles. The molecule has 1 N–H and O–H groups in total. The van der Waals surface area contributed by atoms with E-state index in [-0.39, 0.29) is 0 Å². The van der Waals surface area contributed by atoms with Gasteiger partial charge in [0.25, 0.3) is 0 Å². The molecule has 0 aliphatic carbocycles. The average molecular weight is 275 g/mol. The molecule has 3 heteroatoms. The smallest absolute Gasteiger partial charge is 0.0652 e. The van der Waals surface area contributed by atoms with Gasteiger partial charge in [-0.05, 0) is 28.3 Å². The van der Waals surface area contributed by atoms with Crippen molar-refractivity contribution in [2.75, 3.05) is 12.0 Å². The largest absolute Gasteiger partial charge is 0.298 e. The maximum Gasteiger partial charge on any atom is 0.0652 e. The van der Waals surface area contributed by atoms with Gasteiger partial charge in [-0.15, -0.1) is 11.8 Å². The van der Waals surface area contributed by atoms with Crippen molar-refractivity contribution in [3.05, 3.63) is 48.0 Å². The molecule has 0 fully saturated rings. The SMILES string of the molecule is CSCCC(=N)SCc1ccc2ccccc2c1. The van der Waals surface area contributed by atoms with E-state index in [9.17, 15) is 0 Å². The van der Waals surface area contributed by atoms with Crippen molar-refractivity contribution < 1.29 is 0 Å². The Labute approximate surface area is 117 Å². The van der Waals surface area contributed by atoms with Crippen LogP contribution in [0.5, 0.6) is 0 Å². The van der Waals surface area contributed by atoms with E-state index in [0.29, 0.717) is 0 Å². The first-order valence-corrected chi connectivity index (χ1v) is 8.34. The monoisotopic (exact) mass is 275 g/mol. The van der Waals surface area contributed by atoms with Gasteiger partial charge >= 0.3 is 0 Å². The topological polar surface area (TPSA) is 23.9 Å². The molecule has 0 aliphatic rings. The van der Waals surface area contributed by atoms with Gasteiger partial charge < -0.3 is 0 Å². The van der Waals surface area contributed by atoms with Crippen molar-refractivity contribution in [1.82, 2.24) is 0 Å². The zero-order chi connectivity index (χ0) is 12.8. The first kappa shape index (κ1) is 13.5. The van der Waals surface area contributed by atoms with E-state index in [2.05, 4.69) is 48.7 Å². The predicted molar refractivity (Wildman–Crippen MR) is 86.0 cm³/mol. The fraction of sp³-hybridized carbons (Fsp3) is 0.267. The molecule has 0 radical (unpaired) electrons. The Morgan fingerprint density at radius 3 is 2.67 bits per heavy atom. The number of benzene rings is 2. The van der Waals surface area contributed by atoms with Gasteiger partial charge in [0, 0.05) is 12.2 Å². The molecule has 0 aliphatic heterocycles. The maximum atomic E-state index is 7.85. The Bertz CT molecular complexity index is 537. The van der Waals surface area contributed by atoms with Gasteiger partial charge in [-0.2, -0.15) is 11.8 Å². The van der Waals surface area contributed by atoms with E-state index < -0.39 is 0 Å². The van der Waals surface area contributed by atoms with Crippen LogP contribution in [-0.4, -0.2) is 17.1 Å². The molecule has 0 aromatic heterocycles. The summed E-state index contributed by atoms with van der Waals surface area (Å²) in [5.41, 5.74) is 1.30. The number of fused-ring (bicyclic) bond motifs is 1. The first-order valence-electron chi connectivity index (χ1n) is 5.96. The molecule has 2 rings (SSSR count). The summed E-state index contributed by atoms with van der Waals surface area (Å²) in [7, 11) is 0. The summed E-state index contributed by atoms with van der Waals surface area (Å²) in [5.74, 6) is 1.95. The van der Waals surface area contributed by atoms with Crippen LogP contribution < -0.4 is 0 Å². The summed E-state index contributed by atoms with van der Waals surface area (Å²) in [4.78, 5) is 0. The van der Waals surface area contributed by atoms with Crippen molar-refractivity contribution >= 4 is 39.3 Å². The molecule has 0 spiro atoms. The molecule has 0 unspecified atom stereocenters. The lowest BCUT2D eigenvalue weighted by molar-refractivity contribution is 1.30. The number of nitrogens with one attached hydrogen (secondary N) is 1. The lowest BCUT2D eigenvalue weighted by Gasteiger charge is -2.05. The zero-order valence-electron chi connectivity index (χ0n) is 10.5. The average Bonchev–Trinajstić information content (AvgIpc) is 2.42. The van der Waals surface area contributed by atoms with E-state index in [1.165, 1.54) is 16.3 Å². The Morgan fingerprint density at radius 1 is 1.11 bits per heavy atom. The number of rotatable bonds is 5. The Morgan fingerprint density at radius 2 is 1.89 bits per heavy atom. The Balaban J connectivity index is 1.97. The van der Waals surface area contributed by atoms with Crippen molar-refractivity contribution in [1.29, 1.82) is 5.41 Å². The second-order valence-corrected chi connectivity index (χ2v) is 6.19. The van der Waals surface area contributed by atoms with E-state index in [1.54, 1.807) is 23.5 Å². The molecule has 0 amide bonds. The molecular formula is C15H17NS2. The van der Waals surface area contributed by atoms with Crippen LogP contribution in [0, 0.1) is 5.41 Å². The van der Waals surface area contributed by atoms with Crippen LogP contribution in [0.1, 0.15) is 12.0 Å². The number of hydrogen-bond donors (Lipinski definition) is 1. The molecule has 1 nitrogen and oxygen atoms in total. The van der Waals surface area contributed by atoms with Crippen LogP contribution in [0.4, 0.5) is 0 Å². The van der Waals surface area contributed by atoms with E-state index in [4.69, 9.17) is 5.41 Å². The highest BCUT2D eigenvalue weighted by Gasteiger charge is 2.00. The second kappa shape index (κ2) is 6.86. The van der Waals surface area contributed by atoms with Crippen LogP contribution in [-0.2, 0) is 5.75 Å². The highest BCUT2D eigenvalue weighted by Crippen LogP contribution is 2.20. The van der Waals surface area contributed by atoms with Crippen LogP contribution in [0.3, 0.4) is 0 Å². The van der Waals surface area contributed by atoms with E-state index >= 15 is 0 Å². The van der Waals surface area contributed by atoms with Crippen molar-refractivity contribution in [2.24, 2.45) is 0 Å². The molecular weight excluding hydrogens is 258 g/mol. The standard InChI is InChI=1S/C15H17NS2/c1-17-9-8-15(16)18-11-12-6-7-13-4-2-3-5-14(13)10-12/h2-7,10,16H,8-9,11H2,1H3. The fourth-order valence-electron chi connectivity index (χ4n) is 1.77. The van der Waals surface area contributed by atoms with Gasteiger partial charge in [0.05, 0.1) is 5.04 Å². The molecule has 94 valence electrons. The lowest BCUT2D eigenvalue weighted by atomic mass is 10.1. The summed E-state index contributed by atoms with van der Waals surface area (Å²) in [5, 5.41) is 11.2. The van der Waals surface area contributed by atoms with Gasteiger partial charge in [0.2, 0.25) is 0 Å². The quantitative estimate of drug-likeness (QED) is 0.626. The summed E-state index contributed by atoms with van der Waals surface area (Å²) in [6.07, 6.45) is 2.97. The minimum absolute atomic E-state index is 0.789. The third kappa shape index (κ3) is 3.79. The van der Waals surface area contributed by atoms with Gasteiger partial charge in [0.15, 0.2) is 0 Å². The van der Waals surface area contributed by atoms with Crippen LogP contribution in [0.25, 0.3) is 10.8 Å². The van der Waals surface area contributed by atoms with Gasteiger partial charge in [0.1, 0.15) is 0 Å². The molecule has 0 bridgehead atoms. The molecule has 18 heavy (non-hydrogen) atoms. The summed E-state index contributed by atoms with van der Waals surface area (Å²) >= 11 is 3.45. The minimum Gasteiger partial charge on any atom is -0.298 e. The van der Waals surface area contributed by atoms with Crippen LogP contribution >= 0.6 is 23.5 Å². The number of hydrogen-bond acceptors (Lipinski definition) is 3. The third-order valence-corrected chi connectivity index (χ3v) is 4.40. The van der Waals surface area contributed by atoms with E-state index in [0.717, 1.165) is 23.0 Å². The van der Waals surface area contributed by atoms with Crippen molar-refractivity contribution in [3.63, 3.8) is 0 Å². The van der Waals surface area contributed by atoms with Gasteiger partial charge in [-0.25, -0.2) is 0 Å². The normalized spacial score (nSPS) is 10.7. The van der Waals surface area contributed by atoms with Crippen LogP contribution in [0.2, 0.25) is 0 Å². The van der Waals surface area contributed by atoms with Crippen molar-refractivity contribution in [2.45, 2.75) is 12.2 Å². The predicted octanol–water partition coefficient (Wildman–Crippen LogP) is 4.80. The van der Waals surface area contributed by atoms with E-state index in [1.807, 2.05) is 0 Å². The zero-order valence-corrected chi connectivity index (χ0v) is 12.1. The summed E-state index contributed by atoms with van der Waals surface area (Å²) in [6, 6.07) is 15.0. The van der Waals surface area contributed by atoms with Gasteiger partial charge in [-0.1, -0.05) is 42.5 Å². The first-order chi connectivity index (χ1) is 8.79. The Hall–Kier alpha value is -0.930.